The summed E-state index contributed by atoms with van der Waals surface area (Å²) in [7, 11) is 0. The highest BCUT2D eigenvalue weighted by Crippen LogP contribution is 2.31. The van der Waals surface area contributed by atoms with E-state index in [9.17, 15) is 4.39 Å². The van der Waals surface area contributed by atoms with Gasteiger partial charge in [-0.05, 0) is 30.2 Å². The largest absolute Gasteiger partial charge is 0.379 e. The van der Waals surface area contributed by atoms with Crippen LogP contribution in [0.2, 0.25) is 10.0 Å². The van der Waals surface area contributed by atoms with Crippen LogP contribution in [0.1, 0.15) is 11.1 Å². The van der Waals surface area contributed by atoms with E-state index in [1.165, 1.54) is 17.7 Å². The minimum absolute atomic E-state index is 0.286. The normalized spacial score (nSPS) is 10.4. The fraction of sp³-hybridized carbons (Fsp3) is 0.143. The first-order valence-corrected chi connectivity index (χ1v) is 6.26. The van der Waals surface area contributed by atoms with Gasteiger partial charge in [-0.1, -0.05) is 47.5 Å². The van der Waals surface area contributed by atoms with Gasteiger partial charge in [0.05, 0.1) is 15.7 Å². The Kier molecular flexibility index (Phi) is 4.10. The van der Waals surface area contributed by atoms with Crippen LogP contribution < -0.4 is 5.32 Å². The molecule has 18 heavy (non-hydrogen) atoms. The molecule has 94 valence electrons. The summed E-state index contributed by atoms with van der Waals surface area (Å²) in [5.74, 6) is -0.438. The number of rotatable bonds is 3. The molecular formula is C14H12Cl2FN. The predicted molar refractivity (Wildman–Crippen MR) is 74.9 cm³/mol. The Bertz CT molecular complexity index is 546. The SMILES string of the molecule is Cc1ccccc1CNc1c(Cl)cc(F)cc1Cl. The lowest BCUT2D eigenvalue weighted by atomic mass is 10.1. The first-order chi connectivity index (χ1) is 8.58. The summed E-state index contributed by atoms with van der Waals surface area (Å²) in [6.07, 6.45) is 0. The van der Waals surface area contributed by atoms with E-state index in [-0.39, 0.29) is 10.0 Å². The van der Waals surface area contributed by atoms with E-state index in [1.807, 2.05) is 31.2 Å². The summed E-state index contributed by atoms with van der Waals surface area (Å²) < 4.78 is 13.0. The van der Waals surface area contributed by atoms with Crippen LogP contribution in [0.5, 0.6) is 0 Å². The van der Waals surface area contributed by atoms with Gasteiger partial charge < -0.3 is 5.32 Å². The molecule has 0 amide bonds. The van der Waals surface area contributed by atoms with Crippen LogP contribution in [0.15, 0.2) is 36.4 Å². The van der Waals surface area contributed by atoms with Crippen LogP contribution in [-0.4, -0.2) is 0 Å². The second-order valence-corrected chi connectivity index (χ2v) is 4.84. The number of hydrogen-bond acceptors (Lipinski definition) is 1. The van der Waals surface area contributed by atoms with E-state index in [1.54, 1.807) is 0 Å². The van der Waals surface area contributed by atoms with Gasteiger partial charge in [-0.2, -0.15) is 0 Å². The van der Waals surface area contributed by atoms with Crippen molar-refractivity contribution in [1.82, 2.24) is 0 Å². The van der Waals surface area contributed by atoms with Crippen LogP contribution in [-0.2, 0) is 6.54 Å². The summed E-state index contributed by atoms with van der Waals surface area (Å²) in [6, 6.07) is 10.5. The molecule has 0 saturated heterocycles. The van der Waals surface area contributed by atoms with Gasteiger partial charge in [-0.25, -0.2) is 4.39 Å². The van der Waals surface area contributed by atoms with E-state index < -0.39 is 5.82 Å². The number of hydrogen-bond donors (Lipinski definition) is 1. The predicted octanol–water partition coefficient (Wildman–Crippen LogP) is 5.05. The minimum atomic E-state index is -0.438. The van der Waals surface area contributed by atoms with Crippen molar-refractivity contribution in [2.75, 3.05) is 5.32 Å². The van der Waals surface area contributed by atoms with Crippen molar-refractivity contribution < 1.29 is 4.39 Å². The maximum Gasteiger partial charge on any atom is 0.126 e. The maximum absolute atomic E-state index is 13.0. The standard InChI is InChI=1S/C14H12Cl2FN/c1-9-4-2-3-5-10(9)8-18-14-12(15)6-11(17)7-13(14)16/h2-7,18H,8H2,1H3. The van der Waals surface area contributed by atoms with Crippen LogP contribution in [0, 0.1) is 12.7 Å². The Morgan fingerprint density at radius 1 is 1.11 bits per heavy atom. The Hall–Kier alpha value is -1.25. The van der Waals surface area contributed by atoms with Crippen molar-refractivity contribution in [3.63, 3.8) is 0 Å². The average Bonchev–Trinajstić information content (AvgIpc) is 2.30. The summed E-state index contributed by atoms with van der Waals surface area (Å²) in [4.78, 5) is 0. The smallest absolute Gasteiger partial charge is 0.126 e. The van der Waals surface area contributed by atoms with Crippen molar-refractivity contribution in [1.29, 1.82) is 0 Å². The van der Waals surface area contributed by atoms with Gasteiger partial charge in [0.2, 0.25) is 0 Å². The second-order valence-electron chi connectivity index (χ2n) is 4.02. The lowest BCUT2D eigenvalue weighted by molar-refractivity contribution is 0.628. The van der Waals surface area contributed by atoms with Crippen LogP contribution in [0.25, 0.3) is 0 Å². The Labute approximate surface area is 116 Å². The van der Waals surface area contributed by atoms with E-state index in [4.69, 9.17) is 23.2 Å². The molecule has 2 rings (SSSR count). The van der Waals surface area contributed by atoms with E-state index in [0.29, 0.717) is 12.2 Å². The first kappa shape index (κ1) is 13.2. The molecule has 0 bridgehead atoms. The van der Waals surface area contributed by atoms with Gasteiger partial charge in [0.1, 0.15) is 5.82 Å². The Balaban J connectivity index is 2.19. The van der Waals surface area contributed by atoms with Crippen LogP contribution in [0.3, 0.4) is 0 Å². The summed E-state index contributed by atoms with van der Waals surface area (Å²) >= 11 is 11.9. The third-order valence-corrected chi connectivity index (χ3v) is 3.32. The van der Waals surface area contributed by atoms with Gasteiger partial charge in [-0.3, -0.25) is 0 Å². The van der Waals surface area contributed by atoms with Crippen molar-refractivity contribution in [3.05, 3.63) is 63.4 Å². The summed E-state index contributed by atoms with van der Waals surface area (Å²) in [5.41, 5.74) is 2.89. The lowest BCUT2D eigenvalue weighted by Gasteiger charge is -2.12. The molecule has 0 aliphatic rings. The molecule has 1 N–H and O–H groups in total. The molecule has 4 heteroatoms. The minimum Gasteiger partial charge on any atom is -0.379 e. The summed E-state index contributed by atoms with van der Waals surface area (Å²) in [6.45, 7) is 2.63. The zero-order chi connectivity index (χ0) is 13.1. The lowest BCUT2D eigenvalue weighted by Crippen LogP contribution is -2.02. The fourth-order valence-electron chi connectivity index (χ4n) is 1.70. The molecule has 0 heterocycles. The number of anilines is 1. The highest BCUT2D eigenvalue weighted by molar-refractivity contribution is 6.39. The van der Waals surface area contributed by atoms with Crippen molar-refractivity contribution in [3.8, 4) is 0 Å². The first-order valence-electron chi connectivity index (χ1n) is 5.51. The van der Waals surface area contributed by atoms with Gasteiger partial charge in [-0.15, -0.1) is 0 Å². The molecule has 2 aromatic rings. The zero-order valence-electron chi connectivity index (χ0n) is 9.81. The quantitative estimate of drug-likeness (QED) is 0.831. The summed E-state index contributed by atoms with van der Waals surface area (Å²) in [5, 5.41) is 3.71. The van der Waals surface area contributed by atoms with Gasteiger partial charge in [0.25, 0.3) is 0 Å². The second kappa shape index (κ2) is 5.59. The Morgan fingerprint density at radius 3 is 2.33 bits per heavy atom. The monoisotopic (exact) mass is 283 g/mol. The topological polar surface area (TPSA) is 12.0 Å². The maximum atomic E-state index is 13.0. The number of nitrogens with one attached hydrogen (secondary N) is 1. The highest BCUT2D eigenvalue weighted by atomic mass is 35.5. The van der Waals surface area contributed by atoms with Crippen LogP contribution >= 0.6 is 23.2 Å². The van der Waals surface area contributed by atoms with Crippen molar-refractivity contribution in [2.24, 2.45) is 0 Å². The molecular weight excluding hydrogens is 272 g/mol. The van der Waals surface area contributed by atoms with Gasteiger partial charge in [0.15, 0.2) is 0 Å². The highest BCUT2D eigenvalue weighted by Gasteiger charge is 2.08. The van der Waals surface area contributed by atoms with Crippen LogP contribution in [0.4, 0.5) is 10.1 Å². The average molecular weight is 284 g/mol. The molecule has 0 aliphatic carbocycles. The molecule has 0 unspecified atom stereocenters. The van der Waals surface area contributed by atoms with E-state index >= 15 is 0 Å². The molecule has 2 aromatic carbocycles. The number of halogens is 3. The molecule has 0 saturated carbocycles. The van der Waals surface area contributed by atoms with Crippen molar-refractivity contribution in [2.45, 2.75) is 13.5 Å². The zero-order valence-corrected chi connectivity index (χ0v) is 11.3. The molecule has 0 radical (unpaired) electrons. The van der Waals surface area contributed by atoms with E-state index in [2.05, 4.69) is 5.32 Å². The molecule has 0 fully saturated rings. The number of aryl methyl sites for hydroxylation is 1. The third kappa shape index (κ3) is 2.95. The fourth-order valence-corrected chi connectivity index (χ4v) is 2.30. The van der Waals surface area contributed by atoms with E-state index in [0.717, 1.165) is 5.56 Å². The third-order valence-electron chi connectivity index (χ3n) is 2.72. The molecule has 0 spiro atoms. The molecule has 1 nitrogen and oxygen atoms in total. The van der Waals surface area contributed by atoms with Gasteiger partial charge in [0, 0.05) is 6.54 Å². The molecule has 0 atom stereocenters. The number of benzene rings is 2. The van der Waals surface area contributed by atoms with Crippen molar-refractivity contribution >= 4 is 28.9 Å². The molecule has 0 aliphatic heterocycles. The molecule has 0 aromatic heterocycles. The Morgan fingerprint density at radius 2 is 1.72 bits per heavy atom. The van der Waals surface area contributed by atoms with Gasteiger partial charge >= 0.3 is 0 Å².